The molecule has 0 bridgehead atoms. The molecule has 0 saturated carbocycles. The van der Waals surface area contributed by atoms with Crippen LogP contribution in [0.3, 0.4) is 0 Å². The number of hydrogen-bond acceptors (Lipinski definition) is 2. The number of aryl methyl sites for hydroxylation is 1. The molecule has 2 aromatic heterocycles. The van der Waals surface area contributed by atoms with Crippen LogP contribution in [0.15, 0.2) is 36.5 Å². The minimum Gasteiger partial charge on any atom is -0.225 e. The second-order valence-electron chi connectivity index (χ2n) is 3.63. The molecule has 1 N–H and O–H groups in total. The Morgan fingerprint density at radius 3 is 2.81 bits per heavy atom. The van der Waals surface area contributed by atoms with Crippen molar-refractivity contribution in [2.75, 3.05) is 0 Å². The Bertz CT molecular complexity index is 578. The number of imidazole rings is 1. The lowest BCUT2D eigenvalue weighted by Gasteiger charge is -1.89. The summed E-state index contributed by atoms with van der Waals surface area (Å²) in [6.07, 6.45) is 3.03. The first-order valence-corrected chi connectivity index (χ1v) is 6.14. The zero-order valence-corrected chi connectivity index (χ0v) is 9.79. The molecule has 0 aliphatic heterocycles. The molecule has 1 aromatic carbocycles. The fourth-order valence-electron chi connectivity index (χ4n) is 1.69. The molecule has 3 rings (SSSR count). The average molecular weight is 230 g/mol. The van der Waals surface area contributed by atoms with Gasteiger partial charge in [-0.1, -0.05) is 46.9 Å². The van der Waals surface area contributed by atoms with Crippen molar-refractivity contribution in [3.63, 3.8) is 0 Å². The van der Waals surface area contributed by atoms with E-state index in [1.54, 1.807) is 11.3 Å². The number of hydrogen-bond donors (Lipinski definition) is 1. The van der Waals surface area contributed by atoms with Gasteiger partial charge >= 0.3 is 4.96 Å². The molecule has 3 nitrogen and oxygen atoms in total. The molecular weight excluding hydrogens is 218 g/mol. The normalized spacial score (nSPS) is 11.1. The zero-order valence-electron chi connectivity index (χ0n) is 8.97. The maximum atomic E-state index is 4.48. The van der Waals surface area contributed by atoms with Crippen molar-refractivity contribution in [1.29, 1.82) is 0 Å². The van der Waals surface area contributed by atoms with Crippen molar-refractivity contribution >= 4 is 16.3 Å². The number of nitrogens with one attached hydrogen (secondary N) is 1. The molecule has 0 saturated heterocycles. The Balaban J connectivity index is 2.10. The van der Waals surface area contributed by atoms with Crippen molar-refractivity contribution in [2.45, 2.75) is 13.3 Å². The van der Waals surface area contributed by atoms with Gasteiger partial charge in [0.2, 0.25) is 0 Å². The van der Waals surface area contributed by atoms with Crippen LogP contribution in [-0.4, -0.2) is 10.1 Å². The molecule has 2 heterocycles. The summed E-state index contributed by atoms with van der Waals surface area (Å²) in [5, 5.41) is 5.64. The van der Waals surface area contributed by atoms with Crippen LogP contribution in [-0.2, 0) is 6.42 Å². The molecule has 0 amide bonds. The maximum absolute atomic E-state index is 4.48. The van der Waals surface area contributed by atoms with Gasteiger partial charge in [-0.15, -0.1) is 0 Å². The highest BCUT2D eigenvalue weighted by Gasteiger charge is 2.15. The topological polar surface area (TPSA) is 32.8 Å². The summed E-state index contributed by atoms with van der Waals surface area (Å²) in [5.74, 6) is 0. The molecule has 16 heavy (non-hydrogen) atoms. The minimum atomic E-state index is 0.987. The first kappa shape index (κ1) is 9.54. The molecule has 0 aliphatic carbocycles. The molecule has 0 aliphatic rings. The second kappa shape index (κ2) is 3.72. The van der Waals surface area contributed by atoms with Gasteiger partial charge in [0.15, 0.2) is 11.9 Å². The van der Waals surface area contributed by atoms with Crippen molar-refractivity contribution in [3.05, 3.63) is 41.5 Å². The van der Waals surface area contributed by atoms with Crippen LogP contribution in [0.5, 0.6) is 0 Å². The Morgan fingerprint density at radius 1 is 1.31 bits per heavy atom. The van der Waals surface area contributed by atoms with Gasteiger partial charge in [0.05, 0.1) is 0 Å². The molecule has 80 valence electrons. The van der Waals surface area contributed by atoms with Gasteiger partial charge in [0.25, 0.3) is 0 Å². The fourth-order valence-corrected chi connectivity index (χ4v) is 2.54. The van der Waals surface area contributed by atoms with Crippen molar-refractivity contribution in [2.24, 2.45) is 0 Å². The largest absolute Gasteiger partial charge is 0.366 e. The highest BCUT2D eigenvalue weighted by Crippen LogP contribution is 2.18. The summed E-state index contributed by atoms with van der Waals surface area (Å²) < 4.78 is 1.92. The number of nitrogens with zero attached hydrogens (tertiary/aromatic N) is 2. The van der Waals surface area contributed by atoms with Crippen LogP contribution >= 0.6 is 11.3 Å². The summed E-state index contributed by atoms with van der Waals surface area (Å²) in [4.78, 5) is 4.48. The second-order valence-corrected chi connectivity index (χ2v) is 4.69. The van der Waals surface area contributed by atoms with Crippen LogP contribution in [0.2, 0.25) is 0 Å². The van der Waals surface area contributed by atoms with E-state index in [0.29, 0.717) is 0 Å². The van der Waals surface area contributed by atoms with Crippen LogP contribution in [0.1, 0.15) is 11.9 Å². The molecule has 0 fully saturated rings. The van der Waals surface area contributed by atoms with E-state index in [-0.39, 0.29) is 0 Å². The maximum Gasteiger partial charge on any atom is 0.366 e. The van der Waals surface area contributed by atoms with Crippen molar-refractivity contribution in [3.8, 4) is 11.3 Å². The number of fused-ring (bicyclic) bond motifs is 1. The lowest BCUT2D eigenvalue weighted by Crippen LogP contribution is -2.19. The third kappa shape index (κ3) is 1.51. The standard InChI is InChI=1S/C12H11N3S/c1-2-11-14-15-8-10(13-12(15)16-11)9-6-4-3-5-7-9/h3-8H,2H2,1H3/p+1. The van der Waals surface area contributed by atoms with Gasteiger partial charge in [-0.25, -0.2) is 4.98 Å². The van der Waals surface area contributed by atoms with E-state index < -0.39 is 0 Å². The monoisotopic (exact) mass is 230 g/mol. The average Bonchev–Trinajstić information content (AvgIpc) is 2.87. The predicted molar refractivity (Wildman–Crippen MR) is 64.4 cm³/mol. The van der Waals surface area contributed by atoms with Crippen LogP contribution in [0.4, 0.5) is 0 Å². The molecule has 0 spiro atoms. The van der Waals surface area contributed by atoms with Crippen molar-refractivity contribution < 1.29 is 4.52 Å². The van der Waals surface area contributed by atoms with E-state index in [2.05, 4.69) is 29.1 Å². The molecule has 0 atom stereocenters. The number of aromatic nitrogens is 3. The van der Waals surface area contributed by atoms with E-state index >= 15 is 0 Å². The van der Waals surface area contributed by atoms with Crippen LogP contribution in [0.25, 0.3) is 16.2 Å². The van der Waals surface area contributed by atoms with E-state index in [0.717, 1.165) is 22.1 Å². The number of aromatic amines is 1. The highest BCUT2D eigenvalue weighted by atomic mass is 32.1. The van der Waals surface area contributed by atoms with Crippen LogP contribution < -0.4 is 4.52 Å². The highest BCUT2D eigenvalue weighted by molar-refractivity contribution is 7.16. The first-order chi connectivity index (χ1) is 7.86. The first-order valence-electron chi connectivity index (χ1n) is 5.32. The van der Waals surface area contributed by atoms with Gasteiger partial charge in [0, 0.05) is 12.0 Å². The SMILES string of the molecule is CCc1n[n+]2cc(-c3ccccc3)[nH]c2s1. The third-order valence-electron chi connectivity index (χ3n) is 2.52. The number of rotatable bonds is 2. The van der Waals surface area contributed by atoms with Crippen LogP contribution in [0, 0.1) is 0 Å². The molecule has 3 aromatic rings. The van der Waals surface area contributed by atoms with Gasteiger partial charge in [0.1, 0.15) is 5.01 Å². The van der Waals surface area contributed by atoms with Gasteiger partial charge in [-0.3, -0.25) is 0 Å². The van der Waals surface area contributed by atoms with E-state index in [9.17, 15) is 0 Å². The molecule has 0 radical (unpaired) electrons. The summed E-state index contributed by atoms with van der Waals surface area (Å²) >= 11 is 1.71. The molecular formula is C12H12N3S+. The summed E-state index contributed by atoms with van der Waals surface area (Å²) in [5.41, 5.74) is 2.31. The lowest BCUT2D eigenvalue weighted by molar-refractivity contribution is -0.574. The third-order valence-corrected chi connectivity index (χ3v) is 3.61. The fraction of sp³-hybridized carbons (Fsp3) is 0.167. The summed E-state index contributed by atoms with van der Waals surface area (Å²) in [7, 11) is 0. The van der Waals surface area contributed by atoms with Gasteiger partial charge < -0.3 is 0 Å². The van der Waals surface area contributed by atoms with E-state index in [1.165, 1.54) is 5.56 Å². The Hall–Kier alpha value is -1.68. The summed E-state index contributed by atoms with van der Waals surface area (Å²) in [6.45, 7) is 2.12. The Kier molecular flexibility index (Phi) is 2.22. The van der Waals surface area contributed by atoms with E-state index in [4.69, 9.17) is 0 Å². The van der Waals surface area contributed by atoms with Crippen molar-refractivity contribution in [1.82, 2.24) is 10.1 Å². The summed E-state index contributed by atoms with van der Waals surface area (Å²) in [6, 6.07) is 10.3. The predicted octanol–water partition coefficient (Wildman–Crippen LogP) is 2.44. The minimum absolute atomic E-state index is 0.987. The smallest absolute Gasteiger partial charge is 0.225 e. The zero-order chi connectivity index (χ0) is 11.0. The molecule has 0 unspecified atom stereocenters. The Labute approximate surface area is 97.4 Å². The quantitative estimate of drug-likeness (QED) is 0.674. The van der Waals surface area contributed by atoms with Gasteiger partial charge in [-0.2, -0.15) is 0 Å². The van der Waals surface area contributed by atoms with E-state index in [1.807, 2.05) is 28.9 Å². The molecule has 4 heteroatoms. The van der Waals surface area contributed by atoms with Gasteiger partial charge in [-0.05, 0) is 11.3 Å². The lowest BCUT2D eigenvalue weighted by atomic mass is 10.2. The Morgan fingerprint density at radius 2 is 2.12 bits per heavy atom. The number of H-pyrrole nitrogens is 1. The number of benzene rings is 1.